The Kier molecular flexibility index (Phi) is 6.31. The van der Waals surface area contributed by atoms with Crippen molar-refractivity contribution in [2.45, 2.75) is 13.5 Å². The largest absolute Gasteiger partial charge is 0.497 e. The highest BCUT2D eigenvalue weighted by molar-refractivity contribution is 5.94. The van der Waals surface area contributed by atoms with Crippen LogP contribution in [0.4, 0.5) is 0 Å². The van der Waals surface area contributed by atoms with Crippen LogP contribution in [0.25, 0.3) is 5.69 Å². The van der Waals surface area contributed by atoms with Gasteiger partial charge in [-0.2, -0.15) is 0 Å². The van der Waals surface area contributed by atoms with Gasteiger partial charge in [-0.25, -0.2) is 9.48 Å². The second-order valence-corrected chi connectivity index (χ2v) is 6.35. The number of amides is 1. The average Bonchev–Trinajstić information content (AvgIpc) is 3.18. The molecule has 9 nitrogen and oxygen atoms in total. The molecule has 0 saturated heterocycles. The topological polar surface area (TPSA) is 105 Å². The summed E-state index contributed by atoms with van der Waals surface area (Å²) in [4.78, 5) is 24.6. The highest BCUT2D eigenvalue weighted by Crippen LogP contribution is 2.21. The van der Waals surface area contributed by atoms with Gasteiger partial charge in [0.05, 0.1) is 32.7 Å². The quantitative estimate of drug-likeness (QED) is 0.596. The molecule has 0 spiro atoms. The van der Waals surface area contributed by atoms with Gasteiger partial charge in [0.2, 0.25) is 0 Å². The Hall–Kier alpha value is -3.88. The first-order valence-electron chi connectivity index (χ1n) is 9.08. The molecular weight excluding hydrogens is 388 g/mol. The number of hydrogen-bond acceptors (Lipinski definition) is 7. The third kappa shape index (κ3) is 4.24. The van der Waals surface area contributed by atoms with Crippen molar-refractivity contribution in [2.75, 3.05) is 21.3 Å². The molecule has 0 saturated carbocycles. The number of methoxy groups -OCH3 is 3. The van der Waals surface area contributed by atoms with Gasteiger partial charge in [0.15, 0.2) is 5.69 Å². The van der Waals surface area contributed by atoms with Gasteiger partial charge in [-0.1, -0.05) is 17.3 Å². The van der Waals surface area contributed by atoms with Crippen LogP contribution in [0.15, 0.2) is 42.5 Å². The first kappa shape index (κ1) is 20.8. The van der Waals surface area contributed by atoms with Gasteiger partial charge in [0, 0.05) is 12.6 Å². The van der Waals surface area contributed by atoms with Crippen molar-refractivity contribution in [3.63, 3.8) is 0 Å². The molecule has 0 atom stereocenters. The first-order chi connectivity index (χ1) is 14.5. The Morgan fingerprint density at radius 3 is 2.57 bits per heavy atom. The summed E-state index contributed by atoms with van der Waals surface area (Å²) in [6, 6.07) is 12.3. The van der Waals surface area contributed by atoms with Crippen LogP contribution in [0.3, 0.4) is 0 Å². The maximum Gasteiger partial charge on any atom is 0.341 e. The summed E-state index contributed by atoms with van der Waals surface area (Å²) in [5.74, 6) is 0.178. The summed E-state index contributed by atoms with van der Waals surface area (Å²) in [5, 5.41) is 10.9. The van der Waals surface area contributed by atoms with Crippen LogP contribution in [0.5, 0.6) is 11.5 Å². The van der Waals surface area contributed by atoms with E-state index in [9.17, 15) is 9.59 Å². The monoisotopic (exact) mass is 410 g/mol. The summed E-state index contributed by atoms with van der Waals surface area (Å²) < 4.78 is 16.7. The van der Waals surface area contributed by atoms with Gasteiger partial charge in [-0.3, -0.25) is 4.79 Å². The van der Waals surface area contributed by atoms with Gasteiger partial charge in [0.25, 0.3) is 5.91 Å². The minimum atomic E-state index is -0.517. The fourth-order valence-electron chi connectivity index (χ4n) is 2.93. The van der Waals surface area contributed by atoms with E-state index in [1.807, 2.05) is 18.2 Å². The molecule has 0 bridgehead atoms. The summed E-state index contributed by atoms with van der Waals surface area (Å²) >= 11 is 0. The lowest BCUT2D eigenvalue weighted by Gasteiger charge is -2.10. The van der Waals surface area contributed by atoms with E-state index in [1.54, 1.807) is 43.0 Å². The molecule has 1 heterocycles. The van der Waals surface area contributed by atoms with Gasteiger partial charge >= 0.3 is 5.97 Å². The highest BCUT2D eigenvalue weighted by atomic mass is 16.5. The lowest BCUT2D eigenvalue weighted by atomic mass is 10.1. The van der Waals surface area contributed by atoms with E-state index in [1.165, 1.54) is 14.2 Å². The first-order valence-corrected chi connectivity index (χ1v) is 9.08. The zero-order chi connectivity index (χ0) is 21.7. The van der Waals surface area contributed by atoms with Crippen molar-refractivity contribution in [2.24, 2.45) is 0 Å². The van der Waals surface area contributed by atoms with Crippen LogP contribution in [-0.4, -0.2) is 48.2 Å². The van der Waals surface area contributed by atoms with Crippen LogP contribution < -0.4 is 14.8 Å². The molecule has 1 amide bonds. The second kappa shape index (κ2) is 9.08. The molecule has 0 aliphatic rings. The number of esters is 1. The van der Waals surface area contributed by atoms with Crippen LogP contribution in [0.2, 0.25) is 0 Å². The lowest BCUT2D eigenvalue weighted by Crippen LogP contribution is -2.24. The molecule has 3 aromatic rings. The maximum atomic E-state index is 12.6. The zero-order valence-corrected chi connectivity index (χ0v) is 17.1. The number of carbonyl (C=O) groups excluding carboxylic acids is 2. The van der Waals surface area contributed by atoms with Crippen LogP contribution >= 0.6 is 0 Å². The molecule has 0 radical (unpaired) electrons. The number of nitrogens with zero attached hydrogens (tertiary/aromatic N) is 3. The summed E-state index contributed by atoms with van der Waals surface area (Å²) in [6.45, 7) is 1.95. The highest BCUT2D eigenvalue weighted by Gasteiger charge is 2.18. The molecule has 1 aromatic heterocycles. The van der Waals surface area contributed by atoms with Crippen molar-refractivity contribution in [1.29, 1.82) is 0 Å². The van der Waals surface area contributed by atoms with E-state index < -0.39 is 5.97 Å². The molecule has 156 valence electrons. The molecule has 0 unspecified atom stereocenters. The van der Waals surface area contributed by atoms with E-state index in [-0.39, 0.29) is 23.7 Å². The lowest BCUT2D eigenvalue weighted by molar-refractivity contribution is 0.0597. The third-order valence-electron chi connectivity index (χ3n) is 4.53. The van der Waals surface area contributed by atoms with Crippen molar-refractivity contribution in [1.82, 2.24) is 20.3 Å². The van der Waals surface area contributed by atoms with Crippen LogP contribution in [0.1, 0.15) is 32.1 Å². The molecule has 30 heavy (non-hydrogen) atoms. The standard InChI is InChI=1S/C21H22N4O5/c1-13-19(23-24-25(13)15-6-5-7-16(11-15)28-2)20(26)22-12-14-8-9-18(29-3)17(10-14)21(27)30-4/h5-11H,12H2,1-4H3,(H,22,26). The van der Waals surface area contributed by atoms with Crippen molar-refractivity contribution in [3.8, 4) is 17.2 Å². The van der Waals surface area contributed by atoms with E-state index >= 15 is 0 Å². The summed E-state index contributed by atoms with van der Waals surface area (Å²) in [7, 11) is 4.35. The molecule has 3 rings (SSSR count). The second-order valence-electron chi connectivity index (χ2n) is 6.35. The number of nitrogens with one attached hydrogen (secondary N) is 1. The minimum absolute atomic E-state index is 0.193. The Labute approximate surface area is 173 Å². The Balaban J connectivity index is 1.76. The van der Waals surface area contributed by atoms with Gasteiger partial charge < -0.3 is 19.5 Å². The molecule has 0 fully saturated rings. The zero-order valence-electron chi connectivity index (χ0n) is 17.1. The normalized spacial score (nSPS) is 10.4. The van der Waals surface area contributed by atoms with E-state index in [0.29, 0.717) is 22.8 Å². The fraction of sp³-hybridized carbons (Fsp3) is 0.238. The molecule has 0 aliphatic carbocycles. The molecule has 2 aromatic carbocycles. The number of hydrogen-bond donors (Lipinski definition) is 1. The molecule has 0 aliphatic heterocycles. The fourth-order valence-corrected chi connectivity index (χ4v) is 2.93. The Morgan fingerprint density at radius 2 is 1.87 bits per heavy atom. The van der Waals surface area contributed by atoms with Gasteiger partial charge in [0.1, 0.15) is 17.1 Å². The third-order valence-corrected chi connectivity index (χ3v) is 4.53. The van der Waals surface area contributed by atoms with E-state index in [2.05, 4.69) is 15.6 Å². The minimum Gasteiger partial charge on any atom is -0.497 e. The van der Waals surface area contributed by atoms with E-state index in [0.717, 1.165) is 5.69 Å². The number of rotatable bonds is 7. The van der Waals surface area contributed by atoms with Crippen molar-refractivity contribution >= 4 is 11.9 Å². The van der Waals surface area contributed by atoms with Gasteiger partial charge in [-0.05, 0) is 36.8 Å². The van der Waals surface area contributed by atoms with Gasteiger partial charge in [-0.15, -0.1) is 5.10 Å². The number of carbonyl (C=O) groups is 2. The predicted molar refractivity (Wildman–Crippen MR) is 108 cm³/mol. The number of benzene rings is 2. The maximum absolute atomic E-state index is 12.6. The Morgan fingerprint density at radius 1 is 1.07 bits per heavy atom. The number of aromatic nitrogens is 3. The molecular formula is C21H22N4O5. The predicted octanol–water partition coefficient (Wildman–Crippen LogP) is 2.31. The molecule has 9 heteroatoms. The van der Waals surface area contributed by atoms with Crippen molar-refractivity contribution < 1.29 is 23.8 Å². The summed E-state index contributed by atoms with van der Waals surface area (Å²) in [6.07, 6.45) is 0. The molecule has 1 N–H and O–H groups in total. The Bertz CT molecular complexity index is 1080. The summed E-state index contributed by atoms with van der Waals surface area (Å²) in [5.41, 5.74) is 2.52. The van der Waals surface area contributed by atoms with E-state index in [4.69, 9.17) is 14.2 Å². The SMILES string of the molecule is COC(=O)c1cc(CNC(=O)c2nnn(-c3cccc(OC)c3)c2C)ccc1OC. The van der Waals surface area contributed by atoms with Crippen LogP contribution in [-0.2, 0) is 11.3 Å². The smallest absolute Gasteiger partial charge is 0.341 e. The van der Waals surface area contributed by atoms with Crippen molar-refractivity contribution in [3.05, 3.63) is 65.0 Å². The van der Waals surface area contributed by atoms with Crippen LogP contribution in [0, 0.1) is 6.92 Å². The number of ether oxygens (including phenoxy) is 3. The average molecular weight is 410 g/mol.